The number of aromatic amines is 1. The molecule has 0 atom stereocenters. The zero-order valence-electron chi connectivity index (χ0n) is 12.4. The Balaban J connectivity index is 2.21. The number of hydrogen-bond donors (Lipinski definition) is 1. The fourth-order valence-electron chi connectivity index (χ4n) is 2.45. The van der Waals surface area contributed by atoms with E-state index in [1.54, 1.807) is 0 Å². The third-order valence-corrected chi connectivity index (χ3v) is 3.61. The van der Waals surface area contributed by atoms with Crippen molar-refractivity contribution in [3.63, 3.8) is 0 Å². The van der Waals surface area contributed by atoms with E-state index in [2.05, 4.69) is 29.8 Å². The number of benzene rings is 1. The molecule has 0 radical (unpaired) electrons. The van der Waals surface area contributed by atoms with Gasteiger partial charge in [0.2, 0.25) is 0 Å². The molecular weight excluding hydrogens is 252 g/mol. The maximum atomic E-state index is 11.1. The molecule has 0 aliphatic carbocycles. The second-order valence-electron chi connectivity index (χ2n) is 4.86. The molecule has 0 bridgehead atoms. The smallest absolute Gasteiger partial charge is 0.308 e. The van der Waals surface area contributed by atoms with Gasteiger partial charge in [0.1, 0.15) is 0 Å². The second kappa shape index (κ2) is 6.57. The molecule has 0 saturated heterocycles. The summed E-state index contributed by atoms with van der Waals surface area (Å²) in [6.07, 6.45) is 3.01. The number of H-pyrrole nitrogens is 1. The van der Waals surface area contributed by atoms with Crippen LogP contribution in [0.4, 0.5) is 0 Å². The summed E-state index contributed by atoms with van der Waals surface area (Å²) in [6.45, 7) is 8.95. The molecule has 2 rings (SSSR count). The average molecular weight is 274 g/mol. The predicted octanol–water partition coefficient (Wildman–Crippen LogP) is 2.98. The van der Waals surface area contributed by atoms with E-state index in [9.17, 15) is 4.79 Å². The molecule has 0 saturated carbocycles. The number of fused-ring (bicyclic) bond motifs is 1. The van der Waals surface area contributed by atoms with Gasteiger partial charge < -0.3 is 14.6 Å². The van der Waals surface area contributed by atoms with Gasteiger partial charge in [-0.05, 0) is 31.1 Å². The largest absolute Gasteiger partial charge is 0.424 e. The van der Waals surface area contributed by atoms with Crippen LogP contribution < -0.4 is 4.74 Å². The highest BCUT2D eigenvalue weighted by molar-refractivity contribution is 5.90. The molecule has 4 heteroatoms. The van der Waals surface area contributed by atoms with Gasteiger partial charge in [-0.2, -0.15) is 0 Å². The lowest BCUT2D eigenvalue weighted by Crippen LogP contribution is -2.25. The van der Waals surface area contributed by atoms with Gasteiger partial charge in [-0.3, -0.25) is 4.79 Å². The molecule has 0 unspecified atom stereocenters. The summed E-state index contributed by atoms with van der Waals surface area (Å²) in [7, 11) is 0. The van der Waals surface area contributed by atoms with Crippen LogP contribution in [0.15, 0.2) is 24.4 Å². The van der Waals surface area contributed by atoms with Gasteiger partial charge in [0, 0.05) is 25.1 Å². The summed E-state index contributed by atoms with van der Waals surface area (Å²) < 4.78 is 5.23. The van der Waals surface area contributed by atoms with E-state index in [0.29, 0.717) is 5.75 Å². The van der Waals surface area contributed by atoms with Crippen molar-refractivity contribution < 1.29 is 9.53 Å². The van der Waals surface area contributed by atoms with Gasteiger partial charge in [0.15, 0.2) is 5.75 Å². The fraction of sp³-hybridized carbons (Fsp3) is 0.438. The van der Waals surface area contributed by atoms with E-state index < -0.39 is 0 Å². The van der Waals surface area contributed by atoms with Gasteiger partial charge in [0.25, 0.3) is 0 Å². The lowest BCUT2D eigenvalue weighted by Gasteiger charge is -2.17. The van der Waals surface area contributed by atoms with E-state index in [0.717, 1.165) is 37.0 Å². The van der Waals surface area contributed by atoms with E-state index in [-0.39, 0.29) is 5.97 Å². The molecule has 0 aliphatic rings. The quantitative estimate of drug-likeness (QED) is 0.650. The molecule has 4 nitrogen and oxygen atoms in total. The van der Waals surface area contributed by atoms with Crippen molar-refractivity contribution in [1.82, 2.24) is 9.88 Å². The van der Waals surface area contributed by atoms with Crippen LogP contribution in [0.3, 0.4) is 0 Å². The monoisotopic (exact) mass is 274 g/mol. The molecule has 1 heterocycles. The Morgan fingerprint density at radius 2 is 2.05 bits per heavy atom. The molecule has 2 aromatic rings. The molecule has 20 heavy (non-hydrogen) atoms. The first kappa shape index (κ1) is 14.6. The van der Waals surface area contributed by atoms with Crippen molar-refractivity contribution in [2.45, 2.75) is 27.2 Å². The Labute approximate surface area is 119 Å². The highest BCUT2D eigenvalue weighted by Gasteiger charge is 2.10. The van der Waals surface area contributed by atoms with Crippen LogP contribution in [0, 0.1) is 0 Å². The van der Waals surface area contributed by atoms with E-state index in [1.165, 1.54) is 12.5 Å². The Hall–Kier alpha value is -1.81. The molecule has 0 aliphatic heterocycles. The van der Waals surface area contributed by atoms with Crippen molar-refractivity contribution in [3.05, 3.63) is 30.0 Å². The van der Waals surface area contributed by atoms with Gasteiger partial charge in [-0.15, -0.1) is 0 Å². The normalized spacial score (nSPS) is 11.2. The Morgan fingerprint density at radius 1 is 1.30 bits per heavy atom. The Morgan fingerprint density at radius 3 is 2.70 bits per heavy atom. The number of rotatable bonds is 6. The molecule has 108 valence electrons. The molecule has 1 aromatic heterocycles. The summed E-state index contributed by atoms with van der Waals surface area (Å²) in [5, 5.41) is 1.14. The standard InChI is InChI=1S/C16H22N2O2/c1-4-18(5-2)10-9-13-11-17-16-14(13)7-6-8-15(16)20-12(3)19/h6-8,11,17H,4-5,9-10H2,1-3H3. The highest BCUT2D eigenvalue weighted by atomic mass is 16.5. The molecular formula is C16H22N2O2. The number of hydrogen-bond acceptors (Lipinski definition) is 3. The fourth-order valence-corrected chi connectivity index (χ4v) is 2.45. The number of nitrogens with zero attached hydrogens (tertiary/aromatic N) is 1. The lowest BCUT2D eigenvalue weighted by molar-refractivity contribution is -0.131. The minimum atomic E-state index is -0.295. The van der Waals surface area contributed by atoms with E-state index in [1.807, 2.05) is 18.3 Å². The van der Waals surface area contributed by atoms with E-state index in [4.69, 9.17) is 4.74 Å². The van der Waals surface area contributed by atoms with Crippen LogP contribution in [0.2, 0.25) is 0 Å². The van der Waals surface area contributed by atoms with Crippen LogP contribution in [-0.4, -0.2) is 35.5 Å². The number of aromatic nitrogens is 1. The summed E-state index contributed by atoms with van der Waals surface area (Å²) in [4.78, 5) is 16.7. The first-order valence-corrected chi connectivity index (χ1v) is 7.15. The minimum absolute atomic E-state index is 0.295. The number of carbonyl (C=O) groups is 1. The highest BCUT2D eigenvalue weighted by Crippen LogP contribution is 2.27. The molecule has 0 spiro atoms. The maximum absolute atomic E-state index is 11.1. The summed E-state index contributed by atoms with van der Waals surface area (Å²) in [5.41, 5.74) is 2.16. The SMILES string of the molecule is CCN(CC)CCc1c[nH]c2c(OC(C)=O)cccc12. The number of para-hydroxylation sites is 1. The number of carbonyl (C=O) groups excluding carboxylic acids is 1. The predicted molar refractivity (Wildman–Crippen MR) is 81.1 cm³/mol. The maximum Gasteiger partial charge on any atom is 0.308 e. The number of esters is 1. The first-order chi connectivity index (χ1) is 9.65. The van der Waals surface area contributed by atoms with Crippen molar-refractivity contribution in [1.29, 1.82) is 0 Å². The van der Waals surface area contributed by atoms with Gasteiger partial charge >= 0.3 is 5.97 Å². The average Bonchev–Trinajstić information content (AvgIpc) is 2.84. The molecule has 0 amide bonds. The van der Waals surface area contributed by atoms with Crippen LogP contribution in [0.1, 0.15) is 26.3 Å². The second-order valence-corrected chi connectivity index (χ2v) is 4.86. The lowest BCUT2D eigenvalue weighted by atomic mass is 10.1. The van der Waals surface area contributed by atoms with Crippen molar-refractivity contribution >= 4 is 16.9 Å². The number of ether oxygens (including phenoxy) is 1. The number of likely N-dealkylation sites (N-methyl/N-ethyl adjacent to an activating group) is 1. The third kappa shape index (κ3) is 3.20. The van der Waals surface area contributed by atoms with Crippen LogP contribution >= 0.6 is 0 Å². The van der Waals surface area contributed by atoms with Crippen LogP contribution in [-0.2, 0) is 11.2 Å². The molecule has 0 fully saturated rings. The number of nitrogens with one attached hydrogen (secondary N) is 1. The molecule has 1 N–H and O–H groups in total. The summed E-state index contributed by atoms with van der Waals surface area (Å²) in [6, 6.07) is 5.81. The third-order valence-electron chi connectivity index (χ3n) is 3.61. The van der Waals surface area contributed by atoms with Gasteiger partial charge in [-0.1, -0.05) is 26.0 Å². The topological polar surface area (TPSA) is 45.3 Å². The molecule has 1 aromatic carbocycles. The van der Waals surface area contributed by atoms with Crippen LogP contribution in [0.25, 0.3) is 10.9 Å². The summed E-state index contributed by atoms with van der Waals surface area (Å²) >= 11 is 0. The van der Waals surface area contributed by atoms with E-state index >= 15 is 0 Å². The summed E-state index contributed by atoms with van der Waals surface area (Å²) in [5.74, 6) is 0.306. The van der Waals surface area contributed by atoms with Gasteiger partial charge in [0.05, 0.1) is 5.52 Å². The van der Waals surface area contributed by atoms with Crippen molar-refractivity contribution in [2.24, 2.45) is 0 Å². The van der Waals surface area contributed by atoms with Crippen LogP contribution in [0.5, 0.6) is 5.75 Å². The van der Waals surface area contributed by atoms with Crippen molar-refractivity contribution in [2.75, 3.05) is 19.6 Å². The Bertz CT molecular complexity index is 585. The first-order valence-electron chi connectivity index (χ1n) is 7.15. The van der Waals surface area contributed by atoms with Gasteiger partial charge in [-0.25, -0.2) is 0 Å². The zero-order valence-corrected chi connectivity index (χ0v) is 12.4. The zero-order chi connectivity index (χ0) is 14.5. The minimum Gasteiger partial charge on any atom is -0.424 e. The Kier molecular flexibility index (Phi) is 4.79. The van der Waals surface area contributed by atoms with Crippen molar-refractivity contribution in [3.8, 4) is 5.75 Å².